The zero-order valence-corrected chi connectivity index (χ0v) is 15.0. The lowest BCUT2D eigenvalue weighted by atomic mass is 9.95. The van der Waals surface area contributed by atoms with E-state index in [1.54, 1.807) is 12.1 Å². The van der Waals surface area contributed by atoms with Gasteiger partial charge in [0.2, 0.25) is 10.3 Å². The maximum atomic E-state index is 12.1. The summed E-state index contributed by atoms with van der Waals surface area (Å²) >= 11 is 7.40. The lowest BCUT2D eigenvalue weighted by Crippen LogP contribution is -2.33. The Bertz CT molecular complexity index is 701. The molecule has 128 valence electrons. The van der Waals surface area contributed by atoms with Crippen molar-refractivity contribution in [3.05, 3.63) is 29.3 Å². The number of halogens is 1. The van der Waals surface area contributed by atoms with Crippen molar-refractivity contribution in [1.82, 2.24) is 10.2 Å². The first kappa shape index (κ1) is 17.0. The maximum absolute atomic E-state index is 12.1. The molecule has 0 atom stereocenters. The standard InChI is InChI=1S/C16H20ClN5OS/c1-22(11-7-3-2-4-8-11)16-21-20-15(24-16)19-14(23)18-13-10-6-5-9-12(13)17/h5-6,9-11H,2-4,7-8H2,1H3,(H2,18,19,20,23). The van der Waals surface area contributed by atoms with Crippen LogP contribution in [0.4, 0.5) is 20.7 Å². The molecule has 1 saturated carbocycles. The van der Waals surface area contributed by atoms with Crippen molar-refractivity contribution in [1.29, 1.82) is 0 Å². The number of urea groups is 1. The minimum atomic E-state index is -0.383. The second-order valence-corrected chi connectivity index (χ2v) is 7.21. The number of anilines is 3. The second kappa shape index (κ2) is 7.81. The number of carbonyl (C=O) groups excluding carboxylic acids is 1. The predicted molar refractivity (Wildman–Crippen MR) is 99.3 cm³/mol. The average molecular weight is 366 g/mol. The molecule has 0 radical (unpaired) electrons. The van der Waals surface area contributed by atoms with E-state index < -0.39 is 0 Å². The van der Waals surface area contributed by atoms with Crippen LogP contribution in [-0.2, 0) is 0 Å². The van der Waals surface area contributed by atoms with Crippen LogP contribution in [0.15, 0.2) is 24.3 Å². The molecule has 1 aliphatic carbocycles. The number of amides is 2. The highest BCUT2D eigenvalue weighted by Gasteiger charge is 2.21. The number of benzene rings is 1. The van der Waals surface area contributed by atoms with E-state index in [-0.39, 0.29) is 6.03 Å². The number of aromatic nitrogens is 2. The smallest absolute Gasteiger partial charge is 0.325 e. The van der Waals surface area contributed by atoms with Gasteiger partial charge in [0.05, 0.1) is 10.7 Å². The van der Waals surface area contributed by atoms with E-state index in [1.807, 2.05) is 19.2 Å². The highest BCUT2D eigenvalue weighted by Crippen LogP contribution is 2.30. The summed E-state index contributed by atoms with van der Waals surface area (Å²) in [5, 5.41) is 15.4. The first-order valence-corrected chi connectivity index (χ1v) is 9.22. The van der Waals surface area contributed by atoms with Gasteiger partial charge in [0.25, 0.3) is 0 Å². The molecule has 0 saturated heterocycles. The van der Waals surface area contributed by atoms with Crippen molar-refractivity contribution < 1.29 is 4.79 Å². The largest absolute Gasteiger partial charge is 0.347 e. The number of rotatable bonds is 4. The molecule has 1 aliphatic rings. The van der Waals surface area contributed by atoms with Gasteiger partial charge in [0, 0.05) is 13.1 Å². The van der Waals surface area contributed by atoms with Gasteiger partial charge in [0.15, 0.2) is 0 Å². The summed E-state index contributed by atoms with van der Waals surface area (Å²) in [4.78, 5) is 14.2. The van der Waals surface area contributed by atoms with Crippen molar-refractivity contribution in [2.45, 2.75) is 38.1 Å². The molecule has 0 unspecified atom stereocenters. The van der Waals surface area contributed by atoms with Crippen LogP contribution in [-0.4, -0.2) is 29.3 Å². The van der Waals surface area contributed by atoms with Crippen LogP contribution < -0.4 is 15.5 Å². The van der Waals surface area contributed by atoms with E-state index in [0.717, 1.165) is 5.13 Å². The zero-order valence-electron chi connectivity index (χ0n) is 13.5. The van der Waals surface area contributed by atoms with Crippen molar-refractivity contribution in [2.24, 2.45) is 0 Å². The molecule has 3 rings (SSSR count). The summed E-state index contributed by atoms with van der Waals surface area (Å²) in [6.45, 7) is 0. The number of hydrogen-bond donors (Lipinski definition) is 2. The van der Waals surface area contributed by atoms with Gasteiger partial charge < -0.3 is 10.2 Å². The minimum absolute atomic E-state index is 0.383. The summed E-state index contributed by atoms with van der Waals surface area (Å²) < 4.78 is 0. The minimum Gasteiger partial charge on any atom is -0.347 e. The fourth-order valence-corrected chi connectivity index (χ4v) is 3.80. The fraction of sp³-hybridized carbons (Fsp3) is 0.438. The Kier molecular flexibility index (Phi) is 5.52. The fourth-order valence-electron chi connectivity index (χ4n) is 2.85. The van der Waals surface area contributed by atoms with Gasteiger partial charge in [-0.25, -0.2) is 4.79 Å². The molecular weight excluding hydrogens is 346 g/mol. The number of para-hydroxylation sites is 1. The van der Waals surface area contributed by atoms with Crippen molar-refractivity contribution >= 4 is 44.9 Å². The van der Waals surface area contributed by atoms with Crippen LogP contribution in [0.1, 0.15) is 32.1 Å². The third-order valence-electron chi connectivity index (χ3n) is 4.18. The molecule has 1 aromatic carbocycles. The van der Waals surface area contributed by atoms with Crippen LogP contribution >= 0.6 is 22.9 Å². The summed E-state index contributed by atoms with van der Waals surface area (Å²) in [5.74, 6) is 0. The Morgan fingerprint density at radius 1 is 1.21 bits per heavy atom. The molecule has 6 nitrogen and oxygen atoms in total. The summed E-state index contributed by atoms with van der Waals surface area (Å²) in [6, 6.07) is 7.21. The number of nitrogens with zero attached hydrogens (tertiary/aromatic N) is 3. The SMILES string of the molecule is CN(c1nnc(NC(=O)Nc2ccccc2Cl)s1)C1CCCCC1. The van der Waals surface area contributed by atoms with Gasteiger partial charge in [-0.15, -0.1) is 10.2 Å². The highest BCUT2D eigenvalue weighted by atomic mass is 35.5. The predicted octanol–water partition coefficient (Wildman–Crippen LogP) is 4.60. The van der Waals surface area contributed by atoms with Gasteiger partial charge in [-0.1, -0.05) is 54.3 Å². The molecule has 1 aromatic heterocycles. The summed E-state index contributed by atoms with van der Waals surface area (Å²) in [5.41, 5.74) is 0.556. The van der Waals surface area contributed by atoms with E-state index >= 15 is 0 Å². The number of hydrogen-bond acceptors (Lipinski definition) is 5. The molecule has 2 N–H and O–H groups in total. The second-order valence-electron chi connectivity index (χ2n) is 5.85. The Balaban J connectivity index is 1.59. The lowest BCUT2D eigenvalue weighted by molar-refractivity contribution is 0.262. The Hall–Kier alpha value is -1.86. The number of nitrogens with one attached hydrogen (secondary N) is 2. The van der Waals surface area contributed by atoms with E-state index in [4.69, 9.17) is 11.6 Å². The topological polar surface area (TPSA) is 70.2 Å². The molecule has 1 fully saturated rings. The number of carbonyl (C=O) groups is 1. The Morgan fingerprint density at radius 2 is 1.96 bits per heavy atom. The Labute approximate surface area is 150 Å². The van der Waals surface area contributed by atoms with E-state index in [9.17, 15) is 4.79 Å². The molecule has 8 heteroatoms. The third-order valence-corrected chi connectivity index (χ3v) is 5.44. The quantitative estimate of drug-likeness (QED) is 0.830. The van der Waals surface area contributed by atoms with Gasteiger partial charge in [-0.05, 0) is 25.0 Å². The van der Waals surface area contributed by atoms with E-state index in [1.165, 1.54) is 43.4 Å². The molecular formula is C16H20ClN5OS. The van der Waals surface area contributed by atoms with Crippen molar-refractivity contribution in [3.8, 4) is 0 Å². The first-order chi connectivity index (χ1) is 11.6. The summed E-state index contributed by atoms with van der Waals surface area (Å²) in [7, 11) is 2.05. The third kappa shape index (κ3) is 4.15. The molecule has 0 aliphatic heterocycles. The maximum Gasteiger partial charge on any atom is 0.325 e. The normalized spacial score (nSPS) is 15.1. The van der Waals surface area contributed by atoms with Gasteiger partial charge in [-0.2, -0.15) is 0 Å². The van der Waals surface area contributed by atoms with E-state index in [2.05, 4.69) is 25.7 Å². The average Bonchev–Trinajstić information content (AvgIpc) is 3.05. The molecule has 0 spiro atoms. The lowest BCUT2D eigenvalue weighted by Gasteiger charge is -2.30. The van der Waals surface area contributed by atoms with Crippen molar-refractivity contribution in [2.75, 3.05) is 22.6 Å². The van der Waals surface area contributed by atoms with Crippen LogP contribution in [0, 0.1) is 0 Å². The first-order valence-electron chi connectivity index (χ1n) is 8.02. The molecule has 2 amide bonds. The van der Waals surface area contributed by atoms with Gasteiger partial charge in [-0.3, -0.25) is 5.32 Å². The molecule has 0 bridgehead atoms. The molecule has 1 heterocycles. The van der Waals surface area contributed by atoms with Crippen molar-refractivity contribution in [3.63, 3.8) is 0 Å². The van der Waals surface area contributed by atoms with Crippen LogP contribution in [0.25, 0.3) is 0 Å². The monoisotopic (exact) mass is 365 g/mol. The van der Waals surface area contributed by atoms with Gasteiger partial charge in [0.1, 0.15) is 0 Å². The summed E-state index contributed by atoms with van der Waals surface area (Å²) in [6.07, 6.45) is 6.21. The van der Waals surface area contributed by atoms with Gasteiger partial charge >= 0.3 is 6.03 Å². The van der Waals surface area contributed by atoms with Crippen LogP contribution in [0.3, 0.4) is 0 Å². The molecule has 24 heavy (non-hydrogen) atoms. The highest BCUT2D eigenvalue weighted by molar-refractivity contribution is 7.19. The molecule has 2 aromatic rings. The Morgan fingerprint density at radius 3 is 2.71 bits per heavy atom. The van der Waals surface area contributed by atoms with Crippen LogP contribution in [0.2, 0.25) is 5.02 Å². The van der Waals surface area contributed by atoms with Crippen LogP contribution in [0.5, 0.6) is 0 Å². The zero-order chi connectivity index (χ0) is 16.9. The van der Waals surface area contributed by atoms with E-state index in [0.29, 0.717) is 21.9 Å².